The molecular formula is C16H16N4. The van der Waals surface area contributed by atoms with Gasteiger partial charge >= 0.3 is 0 Å². The van der Waals surface area contributed by atoms with Gasteiger partial charge in [0.25, 0.3) is 0 Å². The monoisotopic (exact) mass is 264 g/mol. The maximum Gasteiger partial charge on any atom is 0.110 e. The summed E-state index contributed by atoms with van der Waals surface area (Å²) in [4.78, 5) is 8.87. The van der Waals surface area contributed by atoms with Crippen molar-refractivity contribution in [1.29, 1.82) is 0 Å². The van der Waals surface area contributed by atoms with Crippen LogP contribution in [0.15, 0.2) is 42.7 Å². The summed E-state index contributed by atoms with van der Waals surface area (Å²) in [5.74, 6) is 1.62. The van der Waals surface area contributed by atoms with E-state index in [9.17, 15) is 0 Å². The molecule has 1 unspecified atom stereocenters. The lowest BCUT2D eigenvalue weighted by atomic mass is 9.98. The molecule has 0 radical (unpaired) electrons. The largest absolute Gasteiger partial charge is 0.384 e. The number of para-hydroxylation sites is 1. The van der Waals surface area contributed by atoms with Crippen molar-refractivity contribution in [1.82, 2.24) is 14.5 Å². The Balaban J connectivity index is 1.71. The van der Waals surface area contributed by atoms with Crippen LogP contribution in [0.5, 0.6) is 0 Å². The van der Waals surface area contributed by atoms with Gasteiger partial charge in [-0.25, -0.2) is 4.98 Å². The summed E-state index contributed by atoms with van der Waals surface area (Å²) in [5, 5.41) is 3.47. The standard InChI is InChI=1S/C16H16N4/c1-20-15-6-7-17-10-14(15)19-16(20)8-11-9-18-13-5-3-2-4-12(11)13/h2-7,10-11,18H,8-9H2,1H3. The van der Waals surface area contributed by atoms with E-state index in [0.29, 0.717) is 5.92 Å². The first-order valence-electron chi connectivity index (χ1n) is 6.91. The number of pyridine rings is 1. The number of nitrogens with one attached hydrogen (secondary N) is 1. The zero-order valence-corrected chi connectivity index (χ0v) is 11.4. The van der Waals surface area contributed by atoms with E-state index in [4.69, 9.17) is 4.98 Å². The third-order valence-corrected chi connectivity index (χ3v) is 4.14. The molecule has 0 fully saturated rings. The highest BCUT2D eigenvalue weighted by Gasteiger charge is 2.23. The van der Waals surface area contributed by atoms with Gasteiger partial charge in [0.1, 0.15) is 11.3 Å². The van der Waals surface area contributed by atoms with Crippen LogP contribution in [0.25, 0.3) is 11.0 Å². The Morgan fingerprint density at radius 1 is 1.30 bits per heavy atom. The molecule has 4 rings (SSSR count). The SMILES string of the molecule is Cn1c(CC2CNc3ccccc32)nc2cnccc21. The molecule has 100 valence electrons. The highest BCUT2D eigenvalue weighted by atomic mass is 15.1. The second-order valence-electron chi connectivity index (χ2n) is 5.32. The number of benzene rings is 1. The number of rotatable bonds is 2. The molecule has 1 aromatic carbocycles. The maximum absolute atomic E-state index is 4.72. The van der Waals surface area contributed by atoms with Gasteiger partial charge in [0.15, 0.2) is 0 Å². The molecule has 0 bridgehead atoms. The molecule has 0 spiro atoms. The van der Waals surface area contributed by atoms with Crippen LogP contribution in [0.4, 0.5) is 5.69 Å². The molecule has 0 saturated carbocycles. The molecule has 4 nitrogen and oxygen atoms in total. The average molecular weight is 264 g/mol. The van der Waals surface area contributed by atoms with Crippen LogP contribution < -0.4 is 5.32 Å². The number of imidazole rings is 1. The lowest BCUT2D eigenvalue weighted by molar-refractivity contribution is 0.686. The van der Waals surface area contributed by atoms with E-state index in [1.54, 1.807) is 0 Å². The minimum Gasteiger partial charge on any atom is -0.384 e. The van der Waals surface area contributed by atoms with Gasteiger partial charge in [-0.15, -0.1) is 0 Å². The second-order valence-corrected chi connectivity index (χ2v) is 5.32. The predicted molar refractivity (Wildman–Crippen MR) is 79.9 cm³/mol. The molecule has 3 aromatic rings. The summed E-state index contributed by atoms with van der Waals surface area (Å²) in [7, 11) is 2.08. The lowest BCUT2D eigenvalue weighted by Gasteiger charge is -2.10. The average Bonchev–Trinajstić information content (AvgIpc) is 3.03. The van der Waals surface area contributed by atoms with Crippen LogP contribution in [-0.4, -0.2) is 21.1 Å². The van der Waals surface area contributed by atoms with Crippen molar-refractivity contribution in [2.24, 2.45) is 7.05 Å². The molecule has 0 amide bonds. The molecule has 20 heavy (non-hydrogen) atoms. The number of aryl methyl sites for hydroxylation is 1. The smallest absolute Gasteiger partial charge is 0.110 e. The number of hydrogen-bond acceptors (Lipinski definition) is 3. The first-order valence-corrected chi connectivity index (χ1v) is 6.91. The fraction of sp³-hybridized carbons (Fsp3) is 0.250. The van der Waals surface area contributed by atoms with E-state index in [2.05, 4.69) is 46.2 Å². The molecule has 2 aromatic heterocycles. The molecule has 0 aliphatic carbocycles. The van der Waals surface area contributed by atoms with E-state index in [0.717, 1.165) is 29.8 Å². The summed E-state index contributed by atoms with van der Waals surface area (Å²) in [5.41, 5.74) is 4.79. The van der Waals surface area contributed by atoms with Crippen LogP contribution in [-0.2, 0) is 13.5 Å². The van der Waals surface area contributed by atoms with Crippen molar-refractivity contribution in [2.75, 3.05) is 11.9 Å². The first-order chi connectivity index (χ1) is 9.83. The van der Waals surface area contributed by atoms with Crippen molar-refractivity contribution >= 4 is 16.7 Å². The fourth-order valence-corrected chi connectivity index (χ4v) is 3.04. The normalized spacial score (nSPS) is 17.1. The van der Waals surface area contributed by atoms with Gasteiger partial charge in [0.05, 0.1) is 11.7 Å². The molecular weight excluding hydrogens is 248 g/mol. The summed E-state index contributed by atoms with van der Waals surface area (Å²) < 4.78 is 2.18. The van der Waals surface area contributed by atoms with Crippen molar-refractivity contribution < 1.29 is 0 Å². The third kappa shape index (κ3) is 1.68. The summed E-state index contributed by atoms with van der Waals surface area (Å²) in [6, 6.07) is 10.6. The Morgan fingerprint density at radius 2 is 2.20 bits per heavy atom. The van der Waals surface area contributed by atoms with Crippen LogP contribution in [0, 0.1) is 0 Å². The number of aromatic nitrogens is 3. The van der Waals surface area contributed by atoms with Crippen molar-refractivity contribution in [3.8, 4) is 0 Å². The molecule has 1 aliphatic heterocycles. The lowest BCUT2D eigenvalue weighted by Crippen LogP contribution is -2.09. The van der Waals surface area contributed by atoms with Gasteiger partial charge in [0, 0.05) is 37.8 Å². The molecule has 1 atom stereocenters. The Morgan fingerprint density at radius 3 is 3.10 bits per heavy atom. The van der Waals surface area contributed by atoms with Gasteiger partial charge in [-0.05, 0) is 17.7 Å². The maximum atomic E-state index is 4.72. The van der Waals surface area contributed by atoms with Crippen LogP contribution in [0.3, 0.4) is 0 Å². The van der Waals surface area contributed by atoms with Crippen LogP contribution in [0.2, 0.25) is 0 Å². The fourth-order valence-electron chi connectivity index (χ4n) is 3.04. The Hall–Kier alpha value is -2.36. The Bertz CT molecular complexity index is 775. The second kappa shape index (κ2) is 4.34. The van der Waals surface area contributed by atoms with Gasteiger partial charge in [-0.2, -0.15) is 0 Å². The number of anilines is 1. The summed E-state index contributed by atoms with van der Waals surface area (Å²) in [6.07, 6.45) is 4.61. The van der Waals surface area contributed by atoms with Gasteiger partial charge < -0.3 is 9.88 Å². The molecule has 0 saturated heterocycles. The molecule has 1 aliphatic rings. The zero-order chi connectivity index (χ0) is 13.5. The zero-order valence-electron chi connectivity index (χ0n) is 11.4. The minimum atomic E-state index is 0.495. The van der Waals surface area contributed by atoms with E-state index < -0.39 is 0 Å². The molecule has 1 N–H and O–H groups in total. The predicted octanol–water partition coefficient (Wildman–Crippen LogP) is 2.72. The van der Waals surface area contributed by atoms with Crippen LogP contribution >= 0.6 is 0 Å². The number of hydrogen-bond donors (Lipinski definition) is 1. The quantitative estimate of drug-likeness (QED) is 0.774. The van der Waals surface area contributed by atoms with Gasteiger partial charge in [-0.1, -0.05) is 18.2 Å². The van der Waals surface area contributed by atoms with E-state index in [1.807, 2.05) is 18.5 Å². The Labute approximate surface area is 117 Å². The Kier molecular flexibility index (Phi) is 2.49. The molecule has 3 heterocycles. The minimum absolute atomic E-state index is 0.495. The van der Waals surface area contributed by atoms with E-state index in [1.165, 1.54) is 11.3 Å². The van der Waals surface area contributed by atoms with E-state index >= 15 is 0 Å². The highest BCUT2D eigenvalue weighted by Crippen LogP contribution is 2.33. The van der Waals surface area contributed by atoms with Gasteiger partial charge in [-0.3, -0.25) is 4.98 Å². The van der Waals surface area contributed by atoms with Crippen LogP contribution in [0.1, 0.15) is 17.3 Å². The highest BCUT2D eigenvalue weighted by molar-refractivity contribution is 5.74. The first kappa shape index (κ1) is 11.5. The number of fused-ring (bicyclic) bond motifs is 2. The van der Waals surface area contributed by atoms with Crippen molar-refractivity contribution in [2.45, 2.75) is 12.3 Å². The van der Waals surface area contributed by atoms with Crippen molar-refractivity contribution in [3.05, 3.63) is 54.1 Å². The third-order valence-electron chi connectivity index (χ3n) is 4.14. The molecule has 4 heteroatoms. The number of nitrogens with zero attached hydrogens (tertiary/aromatic N) is 3. The van der Waals surface area contributed by atoms with Crippen molar-refractivity contribution in [3.63, 3.8) is 0 Å². The van der Waals surface area contributed by atoms with E-state index in [-0.39, 0.29) is 0 Å². The summed E-state index contributed by atoms with van der Waals surface area (Å²) >= 11 is 0. The summed E-state index contributed by atoms with van der Waals surface area (Å²) in [6.45, 7) is 0.987. The topological polar surface area (TPSA) is 42.7 Å². The van der Waals surface area contributed by atoms with Gasteiger partial charge in [0.2, 0.25) is 0 Å².